The molecule has 0 aliphatic carbocycles. The van der Waals surface area contributed by atoms with Crippen LogP contribution >= 0.6 is 0 Å². The molecule has 3 N–H and O–H groups in total. The fourth-order valence-corrected chi connectivity index (χ4v) is 1.73. The molecule has 1 amide bonds. The van der Waals surface area contributed by atoms with E-state index in [4.69, 9.17) is 4.74 Å². The SMILES string of the molecule is O=C(NCC(O)C(O)c1cnccn1)OCc1ccccc1. The van der Waals surface area contributed by atoms with Gasteiger partial charge in [0, 0.05) is 18.9 Å². The van der Waals surface area contributed by atoms with Crippen LogP contribution in [0.3, 0.4) is 0 Å². The van der Waals surface area contributed by atoms with Gasteiger partial charge >= 0.3 is 6.09 Å². The van der Waals surface area contributed by atoms with E-state index in [-0.39, 0.29) is 18.8 Å². The quantitative estimate of drug-likeness (QED) is 0.729. The van der Waals surface area contributed by atoms with E-state index in [9.17, 15) is 15.0 Å². The molecule has 0 aliphatic heterocycles. The number of carbonyl (C=O) groups excluding carboxylic acids is 1. The van der Waals surface area contributed by atoms with Crippen LogP contribution in [-0.2, 0) is 11.3 Å². The number of ether oxygens (including phenoxy) is 1. The molecule has 0 saturated heterocycles. The first kappa shape index (κ1) is 15.9. The number of rotatable bonds is 6. The molecule has 2 unspecified atom stereocenters. The molecule has 7 heteroatoms. The lowest BCUT2D eigenvalue weighted by molar-refractivity contribution is 0.0157. The zero-order valence-corrected chi connectivity index (χ0v) is 11.8. The second-order valence-corrected chi connectivity index (χ2v) is 4.59. The monoisotopic (exact) mass is 303 g/mol. The average molecular weight is 303 g/mol. The molecule has 0 fully saturated rings. The van der Waals surface area contributed by atoms with Gasteiger partial charge in [0.15, 0.2) is 0 Å². The van der Waals surface area contributed by atoms with E-state index in [0.29, 0.717) is 0 Å². The van der Waals surface area contributed by atoms with E-state index in [0.717, 1.165) is 5.56 Å². The second-order valence-electron chi connectivity index (χ2n) is 4.59. The number of nitrogens with one attached hydrogen (secondary N) is 1. The first-order chi connectivity index (χ1) is 10.7. The van der Waals surface area contributed by atoms with Gasteiger partial charge in [-0.05, 0) is 5.56 Å². The van der Waals surface area contributed by atoms with Crippen LogP contribution in [0.25, 0.3) is 0 Å². The third kappa shape index (κ3) is 4.80. The molecule has 116 valence electrons. The highest BCUT2D eigenvalue weighted by molar-refractivity contribution is 5.67. The van der Waals surface area contributed by atoms with Gasteiger partial charge in [-0.15, -0.1) is 0 Å². The Morgan fingerprint density at radius 2 is 2.00 bits per heavy atom. The van der Waals surface area contributed by atoms with Crippen LogP contribution in [-0.4, -0.2) is 38.9 Å². The molecule has 2 atom stereocenters. The van der Waals surface area contributed by atoms with Gasteiger partial charge in [-0.25, -0.2) is 4.79 Å². The van der Waals surface area contributed by atoms with Gasteiger partial charge in [0.05, 0.1) is 11.9 Å². The summed E-state index contributed by atoms with van der Waals surface area (Å²) in [6.45, 7) is -0.0269. The highest BCUT2D eigenvalue weighted by atomic mass is 16.5. The summed E-state index contributed by atoms with van der Waals surface area (Å²) in [4.78, 5) is 19.2. The summed E-state index contributed by atoms with van der Waals surface area (Å²) >= 11 is 0. The van der Waals surface area contributed by atoms with Crippen molar-refractivity contribution in [1.82, 2.24) is 15.3 Å². The number of aliphatic hydroxyl groups excluding tert-OH is 2. The highest BCUT2D eigenvalue weighted by Crippen LogP contribution is 2.12. The van der Waals surface area contributed by atoms with Gasteiger partial charge in [0.1, 0.15) is 18.8 Å². The van der Waals surface area contributed by atoms with Crippen LogP contribution in [0.15, 0.2) is 48.9 Å². The lowest BCUT2D eigenvalue weighted by Gasteiger charge is -2.17. The number of carbonyl (C=O) groups is 1. The lowest BCUT2D eigenvalue weighted by atomic mass is 10.1. The van der Waals surface area contributed by atoms with Crippen molar-refractivity contribution in [2.24, 2.45) is 0 Å². The minimum Gasteiger partial charge on any atom is -0.445 e. The number of hydrogen-bond donors (Lipinski definition) is 3. The van der Waals surface area contributed by atoms with Gasteiger partial charge in [-0.3, -0.25) is 9.97 Å². The molecule has 0 bridgehead atoms. The molecule has 7 nitrogen and oxygen atoms in total. The lowest BCUT2D eigenvalue weighted by Crippen LogP contribution is -2.36. The van der Waals surface area contributed by atoms with Gasteiger partial charge in [-0.1, -0.05) is 30.3 Å². The van der Waals surface area contributed by atoms with Crippen molar-refractivity contribution in [3.63, 3.8) is 0 Å². The molecule has 1 aromatic heterocycles. The molecule has 2 rings (SSSR count). The van der Waals surface area contributed by atoms with Crippen molar-refractivity contribution in [2.75, 3.05) is 6.54 Å². The van der Waals surface area contributed by atoms with Crippen molar-refractivity contribution in [3.05, 3.63) is 60.2 Å². The summed E-state index contributed by atoms with van der Waals surface area (Å²) in [5.41, 5.74) is 1.09. The molecule has 1 heterocycles. The van der Waals surface area contributed by atoms with Crippen molar-refractivity contribution in [3.8, 4) is 0 Å². The Bertz CT molecular complexity index is 580. The highest BCUT2D eigenvalue weighted by Gasteiger charge is 2.20. The standard InChI is InChI=1S/C15H17N3O4/c19-13(14(20)12-8-16-6-7-17-12)9-18-15(21)22-10-11-4-2-1-3-5-11/h1-8,13-14,19-20H,9-10H2,(H,18,21). The number of nitrogens with zero attached hydrogens (tertiary/aromatic N) is 2. The predicted octanol–water partition coefficient (Wildman–Crippen LogP) is 0.797. The molecule has 22 heavy (non-hydrogen) atoms. The molecule has 0 aliphatic rings. The molecule has 0 saturated carbocycles. The van der Waals surface area contributed by atoms with Gasteiger partial charge in [0.2, 0.25) is 0 Å². The van der Waals surface area contributed by atoms with Gasteiger partial charge in [0.25, 0.3) is 0 Å². The normalized spacial score (nSPS) is 13.2. The Morgan fingerprint density at radius 3 is 2.68 bits per heavy atom. The number of alkyl carbamates (subject to hydrolysis) is 1. The van der Waals surface area contributed by atoms with Crippen LogP contribution < -0.4 is 5.32 Å². The Morgan fingerprint density at radius 1 is 1.23 bits per heavy atom. The Hall–Kier alpha value is -2.51. The number of aromatic nitrogens is 2. The minimum absolute atomic E-state index is 0.134. The molecule has 0 spiro atoms. The fraction of sp³-hybridized carbons (Fsp3) is 0.267. The maximum atomic E-state index is 11.5. The Labute approximate surface area is 127 Å². The maximum absolute atomic E-state index is 11.5. The average Bonchev–Trinajstić information content (AvgIpc) is 2.58. The van der Waals surface area contributed by atoms with E-state index >= 15 is 0 Å². The maximum Gasteiger partial charge on any atom is 0.407 e. The third-order valence-electron chi connectivity index (χ3n) is 2.92. The first-order valence-electron chi connectivity index (χ1n) is 6.73. The van der Waals surface area contributed by atoms with Crippen molar-refractivity contribution >= 4 is 6.09 Å². The second kappa shape index (κ2) is 8.06. The van der Waals surface area contributed by atoms with E-state index in [1.165, 1.54) is 18.6 Å². The van der Waals surface area contributed by atoms with Crippen molar-refractivity contribution < 1.29 is 19.7 Å². The van der Waals surface area contributed by atoms with E-state index in [1.54, 1.807) is 0 Å². The zero-order chi connectivity index (χ0) is 15.8. The topological polar surface area (TPSA) is 105 Å². The fourth-order valence-electron chi connectivity index (χ4n) is 1.73. The van der Waals surface area contributed by atoms with Crippen LogP contribution in [0, 0.1) is 0 Å². The number of aliphatic hydroxyl groups is 2. The molecular formula is C15H17N3O4. The molecule has 0 radical (unpaired) electrons. The third-order valence-corrected chi connectivity index (χ3v) is 2.92. The van der Waals surface area contributed by atoms with Crippen molar-refractivity contribution in [2.45, 2.75) is 18.8 Å². The smallest absolute Gasteiger partial charge is 0.407 e. The first-order valence-corrected chi connectivity index (χ1v) is 6.73. The summed E-state index contributed by atoms with van der Waals surface area (Å²) in [5.74, 6) is 0. The van der Waals surface area contributed by atoms with Gasteiger partial charge < -0.3 is 20.3 Å². The van der Waals surface area contributed by atoms with Crippen LogP contribution in [0.5, 0.6) is 0 Å². The Kier molecular flexibility index (Phi) is 5.81. The minimum atomic E-state index is -1.23. The zero-order valence-electron chi connectivity index (χ0n) is 11.8. The largest absolute Gasteiger partial charge is 0.445 e. The Balaban J connectivity index is 1.74. The summed E-state index contributed by atoms with van der Waals surface area (Å²) in [6, 6.07) is 9.23. The number of hydrogen-bond acceptors (Lipinski definition) is 6. The molecular weight excluding hydrogens is 286 g/mol. The van der Waals surface area contributed by atoms with E-state index in [2.05, 4.69) is 15.3 Å². The van der Waals surface area contributed by atoms with Gasteiger partial charge in [-0.2, -0.15) is 0 Å². The summed E-state index contributed by atoms with van der Waals surface area (Å²) < 4.78 is 4.99. The summed E-state index contributed by atoms with van der Waals surface area (Å²) in [7, 11) is 0. The molecule has 2 aromatic rings. The van der Waals surface area contributed by atoms with Crippen LogP contribution in [0.4, 0.5) is 4.79 Å². The predicted molar refractivity (Wildman–Crippen MR) is 77.6 cm³/mol. The molecule has 1 aromatic carbocycles. The summed E-state index contributed by atoms with van der Waals surface area (Å²) in [6.07, 6.45) is 1.11. The number of amides is 1. The summed E-state index contributed by atoms with van der Waals surface area (Å²) in [5, 5.41) is 22.1. The van der Waals surface area contributed by atoms with Crippen LogP contribution in [0.2, 0.25) is 0 Å². The van der Waals surface area contributed by atoms with E-state index < -0.39 is 18.3 Å². The van der Waals surface area contributed by atoms with E-state index in [1.807, 2.05) is 30.3 Å². The van der Waals surface area contributed by atoms with Crippen molar-refractivity contribution in [1.29, 1.82) is 0 Å². The number of benzene rings is 1. The van der Waals surface area contributed by atoms with Crippen LogP contribution in [0.1, 0.15) is 17.4 Å².